The third-order valence-electron chi connectivity index (χ3n) is 3.08. The zero-order valence-corrected chi connectivity index (χ0v) is 11.3. The van der Waals surface area contributed by atoms with E-state index in [0.717, 1.165) is 18.1 Å². The Kier molecular flexibility index (Phi) is 5.57. The molecular formula is C14H22N2O3. The van der Waals surface area contributed by atoms with Gasteiger partial charge in [0.2, 0.25) is 5.88 Å². The molecule has 106 valence electrons. The number of hydrogen-bond acceptors (Lipinski definition) is 5. The fourth-order valence-corrected chi connectivity index (χ4v) is 1.77. The van der Waals surface area contributed by atoms with Crippen LogP contribution in [0.4, 0.5) is 0 Å². The second-order valence-electron chi connectivity index (χ2n) is 4.97. The highest BCUT2D eigenvalue weighted by Crippen LogP contribution is 2.28. The maximum atomic E-state index is 9.74. The third kappa shape index (κ3) is 5.55. The largest absolute Gasteiger partial charge is 0.481 e. The van der Waals surface area contributed by atoms with Crippen molar-refractivity contribution in [3.63, 3.8) is 0 Å². The minimum absolute atomic E-state index is 0.406. The van der Waals surface area contributed by atoms with Crippen LogP contribution in [0.15, 0.2) is 18.3 Å². The maximum Gasteiger partial charge on any atom is 0.213 e. The second-order valence-corrected chi connectivity index (χ2v) is 4.97. The Labute approximate surface area is 114 Å². The predicted octanol–water partition coefficient (Wildman–Crippen LogP) is 0.967. The zero-order valence-electron chi connectivity index (χ0n) is 11.3. The number of nitrogens with zero attached hydrogens (tertiary/aromatic N) is 1. The molecule has 2 N–H and O–H groups in total. The standard InChI is InChI=1S/C14H22N2O3/c1-18-14-6-12(4-5-16-14)7-15-8-13(17)10-19-9-11-2-3-11/h4-6,11,13,15,17H,2-3,7-10H2,1H3. The van der Waals surface area contributed by atoms with Gasteiger partial charge in [0.05, 0.1) is 19.8 Å². The van der Waals surface area contributed by atoms with Gasteiger partial charge in [0.25, 0.3) is 0 Å². The van der Waals surface area contributed by atoms with Crippen LogP contribution in [0.1, 0.15) is 18.4 Å². The molecule has 0 bridgehead atoms. The zero-order chi connectivity index (χ0) is 13.5. The first-order chi connectivity index (χ1) is 9.28. The molecule has 1 atom stereocenters. The van der Waals surface area contributed by atoms with Crippen LogP contribution in [0.25, 0.3) is 0 Å². The van der Waals surface area contributed by atoms with Gasteiger partial charge in [0.15, 0.2) is 0 Å². The van der Waals surface area contributed by atoms with Crippen molar-refractivity contribution >= 4 is 0 Å². The van der Waals surface area contributed by atoms with Gasteiger partial charge in [0.1, 0.15) is 0 Å². The molecule has 1 aliphatic rings. The first-order valence-corrected chi connectivity index (χ1v) is 6.73. The highest BCUT2D eigenvalue weighted by molar-refractivity contribution is 5.20. The van der Waals surface area contributed by atoms with Gasteiger partial charge in [-0.25, -0.2) is 4.98 Å². The van der Waals surface area contributed by atoms with Crippen LogP contribution in [-0.4, -0.2) is 43.1 Å². The van der Waals surface area contributed by atoms with E-state index in [0.29, 0.717) is 25.6 Å². The molecule has 0 aromatic carbocycles. The average molecular weight is 266 g/mol. The number of ether oxygens (including phenoxy) is 2. The SMILES string of the molecule is COc1cc(CNCC(O)COCC2CC2)ccn1. The highest BCUT2D eigenvalue weighted by Gasteiger charge is 2.21. The molecule has 1 unspecified atom stereocenters. The number of pyridine rings is 1. The van der Waals surface area contributed by atoms with Gasteiger partial charge in [0, 0.05) is 32.0 Å². The van der Waals surface area contributed by atoms with Gasteiger partial charge in [-0.2, -0.15) is 0 Å². The van der Waals surface area contributed by atoms with Crippen molar-refractivity contribution in [2.45, 2.75) is 25.5 Å². The normalized spacial score (nSPS) is 16.3. The first kappa shape index (κ1) is 14.2. The molecule has 0 amide bonds. The summed E-state index contributed by atoms with van der Waals surface area (Å²) in [6.07, 6.45) is 3.81. The van der Waals surface area contributed by atoms with E-state index in [9.17, 15) is 5.11 Å². The summed E-state index contributed by atoms with van der Waals surface area (Å²) in [5.74, 6) is 1.34. The summed E-state index contributed by atoms with van der Waals surface area (Å²) >= 11 is 0. The van der Waals surface area contributed by atoms with Gasteiger partial charge in [-0.05, 0) is 30.4 Å². The van der Waals surface area contributed by atoms with E-state index in [1.807, 2.05) is 12.1 Å². The summed E-state index contributed by atoms with van der Waals surface area (Å²) in [6.45, 7) is 2.40. The number of aromatic nitrogens is 1. The predicted molar refractivity (Wildman–Crippen MR) is 72.0 cm³/mol. The quantitative estimate of drug-likeness (QED) is 0.697. The van der Waals surface area contributed by atoms with Gasteiger partial charge >= 0.3 is 0 Å². The summed E-state index contributed by atoms with van der Waals surface area (Å²) in [4.78, 5) is 4.04. The van der Waals surface area contributed by atoms with Crippen LogP contribution < -0.4 is 10.1 Å². The van der Waals surface area contributed by atoms with Crippen LogP contribution in [0.3, 0.4) is 0 Å². The van der Waals surface area contributed by atoms with E-state index < -0.39 is 6.10 Å². The van der Waals surface area contributed by atoms with E-state index in [1.54, 1.807) is 13.3 Å². The molecule has 2 rings (SSSR count). The Bertz CT molecular complexity index is 383. The van der Waals surface area contributed by atoms with Crippen molar-refractivity contribution in [3.8, 4) is 5.88 Å². The Hall–Kier alpha value is -1.17. The van der Waals surface area contributed by atoms with Gasteiger partial charge in [-0.15, -0.1) is 0 Å². The molecule has 5 nitrogen and oxygen atoms in total. The van der Waals surface area contributed by atoms with Gasteiger partial charge in [-0.1, -0.05) is 0 Å². The third-order valence-corrected chi connectivity index (χ3v) is 3.08. The van der Waals surface area contributed by atoms with E-state index in [2.05, 4.69) is 10.3 Å². The number of methoxy groups -OCH3 is 1. The van der Waals surface area contributed by atoms with E-state index in [-0.39, 0.29) is 0 Å². The molecule has 5 heteroatoms. The minimum Gasteiger partial charge on any atom is -0.481 e. The topological polar surface area (TPSA) is 63.6 Å². The van der Waals surface area contributed by atoms with E-state index >= 15 is 0 Å². The van der Waals surface area contributed by atoms with Crippen molar-refractivity contribution in [1.29, 1.82) is 0 Å². The van der Waals surface area contributed by atoms with E-state index in [1.165, 1.54) is 12.8 Å². The monoisotopic (exact) mass is 266 g/mol. The molecule has 0 saturated heterocycles. The lowest BCUT2D eigenvalue weighted by molar-refractivity contribution is 0.0324. The molecule has 0 spiro atoms. The molecule has 19 heavy (non-hydrogen) atoms. The molecular weight excluding hydrogens is 244 g/mol. The summed E-state index contributed by atoms with van der Waals surface area (Å²) in [5, 5.41) is 12.9. The second kappa shape index (κ2) is 7.43. The first-order valence-electron chi connectivity index (χ1n) is 6.73. The van der Waals surface area contributed by atoms with Crippen molar-refractivity contribution in [1.82, 2.24) is 10.3 Å². The molecule has 1 heterocycles. The highest BCUT2D eigenvalue weighted by atomic mass is 16.5. The van der Waals surface area contributed by atoms with Crippen LogP contribution in [0, 0.1) is 5.92 Å². The van der Waals surface area contributed by atoms with Crippen LogP contribution in [-0.2, 0) is 11.3 Å². The molecule has 0 radical (unpaired) electrons. The number of rotatable bonds is 9. The van der Waals surface area contributed by atoms with Crippen LogP contribution >= 0.6 is 0 Å². The maximum absolute atomic E-state index is 9.74. The number of hydrogen-bond donors (Lipinski definition) is 2. The molecule has 1 fully saturated rings. The molecule has 1 aromatic heterocycles. The molecule has 0 aliphatic heterocycles. The lowest BCUT2D eigenvalue weighted by Gasteiger charge is -2.12. The van der Waals surface area contributed by atoms with Gasteiger partial charge < -0.3 is 19.9 Å². The Morgan fingerprint density at radius 2 is 2.37 bits per heavy atom. The average Bonchev–Trinajstić information content (AvgIpc) is 3.23. The fourth-order valence-electron chi connectivity index (χ4n) is 1.77. The Morgan fingerprint density at radius 3 is 3.11 bits per heavy atom. The smallest absolute Gasteiger partial charge is 0.213 e. The Balaban J connectivity index is 1.58. The molecule has 1 aromatic rings. The lowest BCUT2D eigenvalue weighted by Crippen LogP contribution is -2.30. The van der Waals surface area contributed by atoms with E-state index in [4.69, 9.17) is 9.47 Å². The van der Waals surface area contributed by atoms with Crippen molar-refractivity contribution in [3.05, 3.63) is 23.9 Å². The van der Waals surface area contributed by atoms with Crippen molar-refractivity contribution in [2.75, 3.05) is 26.9 Å². The molecule has 1 aliphatic carbocycles. The number of aliphatic hydroxyl groups excluding tert-OH is 1. The molecule has 1 saturated carbocycles. The number of aliphatic hydroxyl groups is 1. The summed E-state index contributed by atoms with van der Waals surface area (Å²) in [6, 6.07) is 3.80. The van der Waals surface area contributed by atoms with Gasteiger partial charge in [-0.3, -0.25) is 0 Å². The minimum atomic E-state index is -0.456. The summed E-state index contributed by atoms with van der Waals surface area (Å²) < 4.78 is 10.5. The summed E-state index contributed by atoms with van der Waals surface area (Å²) in [5.41, 5.74) is 1.08. The van der Waals surface area contributed by atoms with Crippen LogP contribution in [0.2, 0.25) is 0 Å². The Morgan fingerprint density at radius 1 is 1.53 bits per heavy atom. The number of nitrogens with one attached hydrogen (secondary N) is 1. The van der Waals surface area contributed by atoms with Crippen molar-refractivity contribution < 1.29 is 14.6 Å². The van der Waals surface area contributed by atoms with Crippen LogP contribution in [0.5, 0.6) is 5.88 Å². The lowest BCUT2D eigenvalue weighted by atomic mass is 10.2. The fraction of sp³-hybridized carbons (Fsp3) is 0.643. The summed E-state index contributed by atoms with van der Waals surface area (Å²) in [7, 11) is 1.60. The van der Waals surface area contributed by atoms with Crippen molar-refractivity contribution in [2.24, 2.45) is 5.92 Å².